The van der Waals surface area contributed by atoms with Gasteiger partial charge >= 0.3 is 6.03 Å². The van der Waals surface area contributed by atoms with Crippen molar-refractivity contribution in [3.05, 3.63) is 59.1 Å². The maximum Gasteiger partial charge on any atom is 0.323 e. The Labute approximate surface area is 127 Å². The lowest BCUT2D eigenvalue weighted by atomic mass is 10.1. The van der Waals surface area contributed by atoms with Crippen LogP contribution in [0.4, 0.5) is 16.2 Å². The fraction of sp³-hybridized carbons (Fsp3) is 0.0667. The second-order valence-electron chi connectivity index (χ2n) is 4.32. The van der Waals surface area contributed by atoms with E-state index >= 15 is 0 Å². The lowest BCUT2D eigenvalue weighted by molar-refractivity contribution is 0.262. The van der Waals surface area contributed by atoms with E-state index in [1.54, 1.807) is 55.5 Å². The normalized spacial score (nSPS) is 11.0. The standard InChI is InChI=1S/C15H14ClN3O2/c1-10(19-21)11-6-8-12(9-7-11)17-15(20)18-14-5-3-2-4-13(14)16/h2-9,21H,1H3,(H2,17,18,20)/b19-10+. The molecule has 3 N–H and O–H groups in total. The van der Waals surface area contributed by atoms with Gasteiger partial charge in [-0.25, -0.2) is 4.79 Å². The Morgan fingerprint density at radius 2 is 1.76 bits per heavy atom. The van der Waals surface area contributed by atoms with Crippen LogP contribution in [0.3, 0.4) is 0 Å². The van der Waals surface area contributed by atoms with Crippen molar-refractivity contribution in [2.45, 2.75) is 6.92 Å². The molecule has 0 saturated carbocycles. The minimum Gasteiger partial charge on any atom is -0.411 e. The van der Waals surface area contributed by atoms with Gasteiger partial charge in [0.25, 0.3) is 0 Å². The Kier molecular flexibility index (Phi) is 4.79. The molecule has 2 aromatic carbocycles. The van der Waals surface area contributed by atoms with E-state index < -0.39 is 0 Å². The van der Waals surface area contributed by atoms with Gasteiger partial charge in [0, 0.05) is 5.69 Å². The van der Waals surface area contributed by atoms with Crippen LogP contribution in [0.15, 0.2) is 53.7 Å². The second kappa shape index (κ2) is 6.76. The smallest absolute Gasteiger partial charge is 0.323 e. The highest BCUT2D eigenvalue weighted by molar-refractivity contribution is 6.33. The minimum atomic E-state index is -0.386. The quantitative estimate of drug-likeness (QED) is 0.452. The summed E-state index contributed by atoms with van der Waals surface area (Å²) in [6.07, 6.45) is 0. The lowest BCUT2D eigenvalue weighted by Crippen LogP contribution is -2.19. The Hall–Kier alpha value is -2.53. The molecule has 108 valence electrons. The molecule has 0 aliphatic rings. The number of amides is 2. The van der Waals surface area contributed by atoms with E-state index in [2.05, 4.69) is 15.8 Å². The topological polar surface area (TPSA) is 73.7 Å². The van der Waals surface area contributed by atoms with Gasteiger partial charge in [-0.05, 0) is 36.8 Å². The van der Waals surface area contributed by atoms with E-state index in [0.717, 1.165) is 5.56 Å². The Morgan fingerprint density at radius 1 is 1.10 bits per heavy atom. The maximum atomic E-state index is 11.9. The van der Waals surface area contributed by atoms with Gasteiger partial charge in [-0.2, -0.15) is 0 Å². The number of carbonyl (C=O) groups is 1. The summed E-state index contributed by atoms with van der Waals surface area (Å²) in [7, 11) is 0. The van der Waals surface area contributed by atoms with Crippen LogP contribution in [0.1, 0.15) is 12.5 Å². The number of hydrogen-bond donors (Lipinski definition) is 3. The number of anilines is 2. The number of oxime groups is 1. The summed E-state index contributed by atoms with van der Waals surface area (Å²) in [5, 5.41) is 17.6. The van der Waals surface area contributed by atoms with Crippen LogP contribution in [0.25, 0.3) is 0 Å². The number of nitrogens with zero attached hydrogens (tertiary/aromatic N) is 1. The molecule has 0 aromatic heterocycles. The van der Waals surface area contributed by atoms with Gasteiger partial charge in [0.1, 0.15) is 0 Å². The number of nitrogens with one attached hydrogen (secondary N) is 2. The molecule has 0 saturated heterocycles. The molecule has 0 unspecified atom stereocenters. The molecule has 0 aliphatic heterocycles. The molecule has 0 aliphatic carbocycles. The Balaban J connectivity index is 2.02. The summed E-state index contributed by atoms with van der Waals surface area (Å²) >= 11 is 5.96. The van der Waals surface area contributed by atoms with Crippen molar-refractivity contribution in [3.8, 4) is 0 Å². The van der Waals surface area contributed by atoms with E-state index in [4.69, 9.17) is 16.8 Å². The predicted octanol–water partition coefficient (Wildman–Crippen LogP) is 4.18. The number of hydrogen-bond acceptors (Lipinski definition) is 3. The fourth-order valence-corrected chi connectivity index (χ4v) is 1.88. The van der Waals surface area contributed by atoms with Crippen LogP contribution in [-0.4, -0.2) is 17.0 Å². The highest BCUT2D eigenvalue weighted by atomic mass is 35.5. The van der Waals surface area contributed by atoms with Gasteiger partial charge in [-0.15, -0.1) is 0 Å². The molecule has 2 aromatic rings. The fourth-order valence-electron chi connectivity index (χ4n) is 1.70. The summed E-state index contributed by atoms with van der Waals surface area (Å²) in [5.74, 6) is 0. The molecule has 5 nitrogen and oxygen atoms in total. The zero-order chi connectivity index (χ0) is 15.2. The Bertz CT molecular complexity index is 669. The van der Waals surface area contributed by atoms with Gasteiger partial charge in [0.15, 0.2) is 0 Å². The van der Waals surface area contributed by atoms with E-state index in [0.29, 0.717) is 22.1 Å². The van der Waals surface area contributed by atoms with Crippen molar-refractivity contribution in [1.82, 2.24) is 0 Å². The number of carbonyl (C=O) groups excluding carboxylic acids is 1. The van der Waals surface area contributed by atoms with Crippen molar-refractivity contribution in [3.63, 3.8) is 0 Å². The van der Waals surface area contributed by atoms with Crippen molar-refractivity contribution in [2.24, 2.45) is 5.16 Å². The van der Waals surface area contributed by atoms with Gasteiger partial charge in [0.2, 0.25) is 0 Å². The van der Waals surface area contributed by atoms with Gasteiger partial charge in [-0.1, -0.05) is 41.0 Å². The molecule has 2 amide bonds. The molecule has 0 fully saturated rings. The number of urea groups is 1. The SMILES string of the molecule is C/C(=N\O)c1ccc(NC(=O)Nc2ccccc2Cl)cc1. The zero-order valence-corrected chi connectivity index (χ0v) is 12.1. The third-order valence-corrected chi connectivity index (χ3v) is 3.16. The first-order chi connectivity index (χ1) is 10.1. The molecule has 0 heterocycles. The monoisotopic (exact) mass is 303 g/mol. The number of para-hydroxylation sites is 1. The molecular weight excluding hydrogens is 290 g/mol. The largest absolute Gasteiger partial charge is 0.411 e. The summed E-state index contributed by atoms with van der Waals surface area (Å²) in [6, 6.07) is 13.5. The molecule has 0 spiro atoms. The first kappa shape index (κ1) is 14.9. The average Bonchev–Trinajstić information content (AvgIpc) is 2.49. The van der Waals surface area contributed by atoms with E-state index in [9.17, 15) is 4.79 Å². The first-order valence-electron chi connectivity index (χ1n) is 6.22. The van der Waals surface area contributed by atoms with Crippen LogP contribution in [0, 0.1) is 0 Å². The second-order valence-corrected chi connectivity index (χ2v) is 4.73. The Morgan fingerprint density at radius 3 is 2.38 bits per heavy atom. The molecule has 0 radical (unpaired) electrons. The zero-order valence-electron chi connectivity index (χ0n) is 11.3. The van der Waals surface area contributed by atoms with Crippen molar-refractivity contribution >= 4 is 34.7 Å². The van der Waals surface area contributed by atoms with E-state index in [1.165, 1.54) is 0 Å². The van der Waals surface area contributed by atoms with E-state index in [1.807, 2.05) is 0 Å². The van der Waals surface area contributed by atoms with Crippen molar-refractivity contribution in [1.29, 1.82) is 0 Å². The van der Waals surface area contributed by atoms with Crippen molar-refractivity contribution in [2.75, 3.05) is 10.6 Å². The average molecular weight is 304 g/mol. The summed E-state index contributed by atoms with van der Waals surface area (Å²) < 4.78 is 0. The van der Waals surface area contributed by atoms with Gasteiger partial charge in [0.05, 0.1) is 16.4 Å². The summed E-state index contributed by atoms with van der Waals surface area (Å²) in [4.78, 5) is 11.9. The third-order valence-electron chi connectivity index (χ3n) is 2.83. The van der Waals surface area contributed by atoms with Crippen LogP contribution >= 0.6 is 11.6 Å². The van der Waals surface area contributed by atoms with Crippen LogP contribution < -0.4 is 10.6 Å². The number of halogens is 1. The number of rotatable bonds is 3. The van der Waals surface area contributed by atoms with Crippen LogP contribution in [-0.2, 0) is 0 Å². The summed E-state index contributed by atoms with van der Waals surface area (Å²) in [6.45, 7) is 1.69. The molecule has 6 heteroatoms. The predicted molar refractivity (Wildman–Crippen MR) is 84.5 cm³/mol. The van der Waals surface area contributed by atoms with Gasteiger partial charge in [-0.3, -0.25) is 0 Å². The highest BCUT2D eigenvalue weighted by Crippen LogP contribution is 2.20. The third kappa shape index (κ3) is 3.97. The summed E-state index contributed by atoms with van der Waals surface area (Å²) in [5.41, 5.74) is 2.43. The molecule has 21 heavy (non-hydrogen) atoms. The van der Waals surface area contributed by atoms with E-state index in [-0.39, 0.29) is 6.03 Å². The molecule has 0 atom stereocenters. The highest BCUT2D eigenvalue weighted by Gasteiger charge is 2.05. The minimum absolute atomic E-state index is 0.386. The molecular formula is C15H14ClN3O2. The number of benzene rings is 2. The van der Waals surface area contributed by atoms with Crippen LogP contribution in [0.5, 0.6) is 0 Å². The molecule has 2 rings (SSSR count). The maximum absolute atomic E-state index is 11.9. The molecule has 0 bridgehead atoms. The van der Waals surface area contributed by atoms with Gasteiger partial charge < -0.3 is 15.8 Å². The van der Waals surface area contributed by atoms with Crippen LogP contribution in [0.2, 0.25) is 5.02 Å². The van der Waals surface area contributed by atoms with Crippen molar-refractivity contribution < 1.29 is 10.0 Å². The lowest BCUT2D eigenvalue weighted by Gasteiger charge is -2.09. The first-order valence-corrected chi connectivity index (χ1v) is 6.59.